The van der Waals surface area contributed by atoms with Crippen LogP contribution in [0.4, 0.5) is 11.6 Å². The van der Waals surface area contributed by atoms with Gasteiger partial charge in [-0.1, -0.05) is 12.8 Å². The van der Waals surface area contributed by atoms with E-state index in [1.807, 2.05) is 7.05 Å². The van der Waals surface area contributed by atoms with E-state index in [1.165, 1.54) is 49.9 Å². The van der Waals surface area contributed by atoms with Gasteiger partial charge in [0.15, 0.2) is 0 Å². The van der Waals surface area contributed by atoms with E-state index in [-0.39, 0.29) is 0 Å². The molecule has 1 atom stereocenters. The van der Waals surface area contributed by atoms with Gasteiger partial charge in [0.05, 0.1) is 0 Å². The molecule has 1 aliphatic carbocycles. The summed E-state index contributed by atoms with van der Waals surface area (Å²) >= 11 is 0. The minimum Gasteiger partial charge on any atom is -0.373 e. The smallest absolute Gasteiger partial charge is 0.137 e. The zero-order valence-electron chi connectivity index (χ0n) is 12.9. The summed E-state index contributed by atoms with van der Waals surface area (Å²) in [5, 5.41) is 3.25. The van der Waals surface area contributed by atoms with Crippen LogP contribution in [-0.4, -0.2) is 29.6 Å². The van der Waals surface area contributed by atoms with Crippen molar-refractivity contribution in [3.8, 4) is 0 Å². The largest absolute Gasteiger partial charge is 0.373 e. The molecular formula is C16H26N4. The Balaban J connectivity index is 1.99. The normalized spacial score (nSPS) is 23.6. The van der Waals surface area contributed by atoms with Crippen LogP contribution in [0.3, 0.4) is 0 Å². The minimum atomic E-state index is 0.586. The molecule has 1 unspecified atom stereocenters. The van der Waals surface area contributed by atoms with Crippen molar-refractivity contribution in [3.05, 3.63) is 11.4 Å². The van der Waals surface area contributed by atoms with Crippen LogP contribution in [0.2, 0.25) is 0 Å². The Labute approximate surface area is 122 Å². The third kappa shape index (κ3) is 2.60. The Morgan fingerprint density at radius 1 is 1.10 bits per heavy atom. The Morgan fingerprint density at radius 2 is 1.90 bits per heavy atom. The average molecular weight is 274 g/mol. The second-order valence-corrected chi connectivity index (χ2v) is 6.30. The van der Waals surface area contributed by atoms with Gasteiger partial charge in [0.2, 0.25) is 0 Å². The highest BCUT2D eigenvalue weighted by Crippen LogP contribution is 2.40. The average Bonchev–Trinajstić information content (AvgIpc) is 3.27. The van der Waals surface area contributed by atoms with Crippen molar-refractivity contribution >= 4 is 11.6 Å². The molecule has 0 bridgehead atoms. The maximum Gasteiger partial charge on any atom is 0.137 e. The Morgan fingerprint density at radius 3 is 2.60 bits per heavy atom. The number of aromatic nitrogens is 2. The zero-order valence-corrected chi connectivity index (χ0v) is 12.9. The Hall–Kier alpha value is -1.32. The number of rotatable bonds is 3. The fourth-order valence-electron chi connectivity index (χ4n) is 3.16. The molecule has 0 spiro atoms. The highest BCUT2D eigenvalue weighted by atomic mass is 15.2. The number of nitrogens with zero attached hydrogens (tertiary/aromatic N) is 3. The molecule has 0 radical (unpaired) electrons. The van der Waals surface area contributed by atoms with Gasteiger partial charge in [0, 0.05) is 31.1 Å². The van der Waals surface area contributed by atoms with E-state index in [4.69, 9.17) is 9.97 Å². The van der Waals surface area contributed by atoms with Crippen molar-refractivity contribution in [2.45, 2.75) is 64.3 Å². The molecule has 0 amide bonds. The summed E-state index contributed by atoms with van der Waals surface area (Å²) in [7, 11) is 1.96. The molecule has 1 aliphatic heterocycles. The zero-order chi connectivity index (χ0) is 14.1. The van der Waals surface area contributed by atoms with Crippen LogP contribution in [0.1, 0.15) is 62.8 Å². The summed E-state index contributed by atoms with van der Waals surface area (Å²) in [6.07, 6.45) is 7.75. The van der Waals surface area contributed by atoms with Gasteiger partial charge < -0.3 is 10.2 Å². The lowest BCUT2D eigenvalue weighted by Crippen LogP contribution is -2.34. The standard InChI is InChI=1S/C16H26N4/c1-11-7-5-4-6-10-20(11)16-12(2)14(17-3)18-15(19-16)13-8-9-13/h11,13H,4-10H2,1-3H3,(H,17,18,19). The van der Waals surface area contributed by atoms with Gasteiger partial charge in [-0.05, 0) is 39.5 Å². The predicted molar refractivity (Wildman–Crippen MR) is 83.6 cm³/mol. The molecule has 4 heteroatoms. The molecule has 110 valence electrons. The maximum absolute atomic E-state index is 4.93. The number of hydrogen-bond acceptors (Lipinski definition) is 4. The SMILES string of the molecule is CNc1nc(C2CC2)nc(N2CCCCCC2C)c1C. The van der Waals surface area contributed by atoms with Crippen molar-refractivity contribution in [3.63, 3.8) is 0 Å². The molecule has 1 N–H and O–H groups in total. The van der Waals surface area contributed by atoms with Crippen LogP contribution in [0, 0.1) is 6.92 Å². The van der Waals surface area contributed by atoms with Crippen LogP contribution in [0.25, 0.3) is 0 Å². The predicted octanol–water partition coefficient (Wildman–Crippen LogP) is 3.47. The second-order valence-electron chi connectivity index (χ2n) is 6.30. The fourth-order valence-corrected chi connectivity index (χ4v) is 3.16. The van der Waals surface area contributed by atoms with Crippen molar-refractivity contribution in [2.24, 2.45) is 0 Å². The van der Waals surface area contributed by atoms with E-state index in [1.54, 1.807) is 0 Å². The molecular weight excluding hydrogens is 248 g/mol. The van der Waals surface area contributed by atoms with E-state index < -0.39 is 0 Å². The Bertz CT molecular complexity index is 482. The lowest BCUT2D eigenvalue weighted by Gasteiger charge is -2.30. The topological polar surface area (TPSA) is 41.1 Å². The quantitative estimate of drug-likeness (QED) is 0.916. The highest BCUT2D eigenvalue weighted by molar-refractivity contribution is 5.59. The lowest BCUT2D eigenvalue weighted by atomic mass is 10.1. The molecule has 4 nitrogen and oxygen atoms in total. The molecule has 0 aromatic carbocycles. The first-order valence-electron chi connectivity index (χ1n) is 8.03. The van der Waals surface area contributed by atoms with Crippen molar-refractivity contribution in [1.82, 2.24) is 9.97 Å². The summed E-state index contributed by atoms with van der Waals surface area (Å²) in [4.78, 5) is 12.2. The van der Waals surface area contributed by atoms with Crippen LogP contribution in [-0.2, 0) is 0 Å². The minimum absolute atomic E-state index is 0.586. The van der Waals surface area contributed by atoms with Gasteiger partial charge in [0.1, 0.15) is 17.5 Å². The third-order valence-electron chi connectivity index (χ3n) is 4.64. The van der Waals surface area contributed by atoms with Crippen LogP contribution < -0.4 is 10.2 Å². The van der Waals surface area contributed by atoms with E-state index >= 15 is 0 Å². The van der Waals surface area contributed by atoms with E-state index in [9.17, 15) is 0 Å². The first-order chi connectivity index (χ1) is 9.70. The number of hydrogen-bond donors (Lipinski definition) is 1. The monoisotopic (exact) mass is 274 g/mol. The molecule has 1 aromatic heterocycles. The lowest BCUT2D eigenvalue weighted by molar-refractivity contribution is 0.608. The molecule has 1 aromatic rings. The highest BCUT2D eigenvalue weighted by Gasteiger charge is 2.30. The summed E-state index contributed by atoms with van der Waals surface area (Å²) in [6, 6.07) is 0.586. The molecule has 1 saturated heterocycles. The van der Waals surface area contributed by atoms with Gasteiger partial charge in [-0.2, -0.15) is 0 Å². The number of nitrogens with one attached hydrogen (secondary N) is 1. The summed E-state index contributed by atoms with van der Waals surface area (Å²) in [6.45, 7) is 5.62. The third-order valence-corrected chi connectivity index (χ3v) is 4.64. The van der Waals surface area contributed by atoms with Crippen molar-refractivity contribution in [1.29, 1.82) is 0 Å². The van der Waals surface area contributed by atoms with Crippen LogP contribution >= 0.6 is 0 Å². The van der Waals surface area contributed by atoms with E-state index in [0.717, 1.165) is 18.2 Å². The summed E-state index contributed by atoms with van der Waals surface area (Å²) in [5.74, 6) is 3.82. The van der Waals surface area contributed by atoms with E-state index in [0.29, 0.717) is 12.0 Å². The van der Waals surface area contributed by atoms with Gasteiger partial charge >= 0.3 is 0 Å². The van der Waals surface area contributed by atoms with Crippen LogP contribution in [0.5, 0.6) is 0 Å². The van der Waals surface area contributed by atoms with Crippen molar-refractivity contribution in [2.75, 3.05) is 23.8 Å². The van der Waals surface area contributed by atoms with Gasteiger partial charge in [-0.25, -0.2) is 9.97 Å². The number of anilines is 2. The molecule has 2 heterocycles. The van der Waals surface area contributed by atoms with E-state index in [2.05, 4.69) is 24.1 Å². The fraction of sp³-hybridized carbons (Fsp3) is 0.750. The molecule has 20 heavy (non-hydrogen) atoms. The molecule has 2 fully saturated rings. The summed E-state index contributed by atoms with van der Waals surface area (Å²) < 4.78 is 0. The Kier molecular flexibility index (Phi) is 3.81. The van der Waals surface area contributed by atoms with Gasteiger partial charge in [-0.3, -0.25) is 0 Å². The van der Waals surface area contributed by atoms with Crippen molar-refractivity contribution < 1.29 is 0 Å². The van der Waals surface area contributed by atoms with Gasteiger partial charge in [-0.15, -0.1) is 0 Å². The first-order valence-corrected chi connectivity index (χ1v) is 8.03. The van der Waals surface area contributed by atoms with Gasteiger partial charge in [0.25, 0.3) is 0 Å². The molecule has 3 rings (SSSR count). The second kappa shape index (κ2) is 5.58. The molecule has 1 saturated carbocycles. The maximum atomic E-state index is 4.93. The summed E-state index contributed by atoms with van der Waals surface area (Å²) in [5.41, 5.74) is 1.20. The first kappa shape index (κ1) is 13.7. The van der Waals surface area contributed by atoms with Crippen LogP contribution in [0.15, 0.2) is 0 Å². The molecule has 2 aliphatic rings.